The Hall–Kier alpha value is -2.84. The zero-order valence-corrected chi connectivity index (χ0v) is 16.1. The lowest BCUT2D eigenvalue weighted by molar-refractivity contribution is -0.138. The summed E-state index contributed by atoms with van der Waals surface area (Å²) >= 11 is 6.91. The number of thioether (sulfide) groups is 1. The molecule has 1 saturated heterocycles. The van der Waals surface area contributed by atoms with Crippen LogP contribution < -0.4 is 10.1 Å². The molecular formula is C19H16ClN3O4S. The number of benzene rings is 2. The van der Waals surface area contributed by atoms with E-state index in [1.165, 1.54) is 6.21 Å². The number of amidine groups is 1. The van der Waals surface area contributed by atoms with E-state index in [1.807, 2.05) is 48.5 Å². The number of carboxylic acid groups (broad SMARTS) is 1. The van der Waals surface area contributed by atoms with Gasteiger partial charge in [0.2, 0.25) is 5.91 Å². The second-order valence-corrected chi connectivity index (χ2v) is 7.46. The number of carboxylic acids is 1. The number of nitrogens with one attached hydrogen (secondary N) is 1. The minimum Gasteiger partial charge on any atom is -0.489 e. The quantitative estimate of drug-likeness (QED) is 0.531. The maximum absolute atomic E-state index is 11.6. The van der Waals surface area contributed by atoms with E-state index in [0.29, 0.717) is 17.4 Å². The smallest absolute Gasteiger partial charge is 0.305 e. The first-order valence-corrected chi connectivity index (χ1v) is 9.53. The number of rotatable bonds is 7. The van der Waals surface area contributed by atoms with E-state index in [4.69, 9.17) is 21.4 Å². The molecule has 1 unspecified atom stereocenters. The third-order valence-corrected chi connectivity index (χ3v) is 5.01. The van der Waals surface area contributed by atoms with Gasteiger partial charge in [0.1, 0.15) is 17.6 Å². The largest absolute Gasteiger partial charge is 0.489 e. The molecule has 3 rings (SSSR count). The van der Waals surface area contributed by atoms with Crippen LogP contribution in [0.2, 0.25) is 5.02 Å². The number of aliphatic carboxylic acids is 1. The summed E-state index contributed by atoms with van der Waals surface area (Å²) in [6.45, 7) is 0.437. The van der Waals surface area contributed by atoms with Gasteiger partial charge in [-0.15, -0.1) is 5.10 Å². The summed E-state index contributed by atoms with van der Waals surface area (Å²) in [4.78, 5) is 22.3. The van der Waals surface area contributed by atoms with Crippen molar-refractivity contribution in [1.29, 1.82) is 0 Å². The summed E-state index contributed by atoms with van der Waals surface area (Å²) in [7, 11) is 0. The van der Waals surface area contributed by atoms with Crippen LogP contribution >= 0.6 is 23.4 Å². The molecule has 1 amide bonds. The lowest BCUT2D eigenvalue weighted by Crippen LogP contribution is -2.26. The molecule has 0 spiro atoms. The number of hydrogen-bond acceptors (Lipinski definition) is 6. The van der Waals surface area contributed by atoms with Gasteiger partial charge in [-0.2, -0.15) is 5.10 Å². The van der Waals surface area contributed by atoms with Crippen molar-refractivity contribution in [3.63, 3.8) is 0 Å². The Balaban J connectivity index is 1.52. The SMILES string of the molecule is O=C(O)CC1SC(=NN=Cc2ccc(OCc3ccc(Cl)cc3)cc2)NC1=O. The highest BCUT2D eigenvalue weighted by molar-refractivity contribution is 8.15. The summed E-state index contributed by atoms with van der Waals surface area (Å²) in [5, 5.41) is 19.4. The molecule has 1 aliphatic heterocycles. The number of nitrogens with zero attached hydrogens (tertiary/aromatic N) is 2. The Morgan fingerprint density at radius 1 is 1.21 bits per heavy atom. The molecule has 1 fully saturated rings. The van der Waals surface area contributed by atoms with Gasteiger partial charge >= 0.3 is 5.97 Å². The van der Waals surface area contributed by atoms with Gasteiger partial charge in [0.05, 0.1) is 12.6 Å². The molecule has 144 valence electrons. The van der Waals surface area contributed by atoms with Gasteiger partial charge in [0, 0.05) is 5.02 Å². The number of ether oxygens (including phenoxy) is 1. The molecule has 1 heterocycles. The zero-order chi connectivity index (χ0) is 19.9. The van der Waals surface area contributed by atoms with Crippen molar-refractivity contribution >= 4 is 46.6 Å². The van der Waals surface area contributed by atoms with E-state index >= 15 is 0 Å². The highest BCUT2D eigenvalue weighted by Crippen LogP contribution is 2.22. The Morgan fingerprint density at radius 2 is 1.93 bits per heavy atom. The lowest BCUT2D eigenvalue weighted by atomic mass is 10.2. The van der Waals surface area contributed by atoms with E-state index < -0.39 is 11.2 Å². The van der Waals surface area contributed by atoms with Gasteiger partial charge in [-0.3, -0.25) is 9.59 Å². The second kappa shape index (κ2) is 9.38. The average Bonchev–Trinajstić information content (AvgIpc) is 3.01. The van der Waals surface area contributed by atoms with Crippen molar-refractivity contribution in [2.24, 2.45) is 10.2 Å². The van der Waals surface area contributed by atoms with Gasteiger partial charge < -0.3 is 15.2 Å². The molecule has 9 heteroatoms. The van der Waals surface area contributed by atoms with Crippen LogP contribution in [0.15, 0.2) is 58.7 Å². The Bertz CT molecular complexity index is 914. The highest BCUT2D eigenvalue weighted by Gasteiger charge is 2.32. The molecule has 0 radical (unpaired) electrons. The molecule has 1 atom stereocenters. The van der Waals surface area contributed by atoms with Gasteiger partial charge in [-0.1, -0.05) is 35.5 Å². The van der Waals surface area contributed by atoms with Crippen LogP contribution in [-0.2, 0) is 16.2 Å². The first-order valence-electron chi connectivity index (χ1n) is 8.27. The second-order valence-electron chi connectivity index (χ2n) is 5.83. The topological polar surface area (TPSA) is 100 Å². The molecular weight excluding hydrogens is 402 g/mol. The summed E-state index contributed by atoms with van der Waals surface area (Å²) in [6.07, 6.45) is 1.28. The molecule has 0 saturated carbocycles. The molecule has 28 heavy (non-hydrogen) atoms. The Kier molecular flexibility index (Phi) is 6.67. The molecule has 2 N–H and O–H groups in total. The zero-order valence-electron chi connectivity index (χ0n) is 14.5. The number of halogens is 1. The van der Waals surface area contributed by atoms with Crippen LogP contribution in [0.1, 0.15) is 17.5 Å². The predicted molar refractivity (Wildman–Crippen MR) is 109 cm³/mol. The summed E-state index contributed by atoms with van der Waals surface area (Å²) in [5.74, 6) is -0.687. The van der Waals surface area contributed by atoms with E-state index in [2.05, 4.69) is 15.5 Å². The Morgan fingerprint density at radius 3 is 2.61 bits per heavy atom. The monoisotopic (exact) mass is 417 g/mol. The molecule has 2 aromatic rings. The van der Waals surface area contributed by atoms with Crippen LogP contribution in [0.3, 0.4) is 0 Å². The number of carbonyl (C=O) groups excluding carboxylic acids is 1. The maximum Gasteiger partial charge on any atom is 0.305 e. The van der Waals surface area contributed by atoms with E-state index in [-0.39, 0.29) is 17.5 Å². The standard InChI is InChI=1S/C19H16ClN3O4S/c20-14-5-1-13(2-6-14)11-27-15-7-3-12(4-8-15)10-21-23-19-22-18(26)16(28-19)9-17(24)25/h1-8,10,16H,9,11H2,(H,24,25)(H,22,23,26). The van der Waals surface area contributed by atoms with Crippen molar-refractivity contribution in [2.45, 2.75) is 18.3 Å². The number of hydrogen-bond donors (Lipinski definition) is 2. The predicted octanol–water partition coefficient (Wildman–Crippen LogP) is 3.32. The van der Waals surface area contributed by atoms with Crippen LogP contribution in [0.25, 0.3) is 0 Å². The fourth-order valence-electron chi connectivity index (χ4n) is 2.29. The number of carbonyl (C=O) groups is 2. The molecule has 0 aliphatic carbocycles. The molecule has 0 bridgehead atoms. The third kappa shape index (κ3) is 5.83. The maximum atomic E-state index is 11.6. The number of amides is 1. The Labute approximate surface area is 170 Å². The van der Waals surface area contributed by atoms with Crippen molar-refractivity contribution < 1.29 is 19.4 Å². The van der Waals surface area contributed by atoms with Crippen molar-refractivity contribution in [2.75, 3.05) is 0 Å². The molecule has 1 aliphatic rings. The van der Waals surface area contributed by atoms with Crippen LogP contribution in [0.4, 0.5) is 0 Å². The van der Waals surface area contributed by atoms with Gasteiger partial charge in [0.25, 0.3) is 0 Å². The molecule has 2 aromatic carbocycles. The van der Waals surface area contributed by atoms with E-state index in [9.17, 15) is 9.59 Å². The molecule has 7 nitrogen and oxygen atoms in total. The first-order chi connectivity index (χ1) is 13.5. The fraction of sp³-hybridized carbons (Fsp3) is 0.158. The van der Waals surface area contributed by atoms with Gasteiger partial charge in [-0.25, -0.2) is 0 Å². The summed E-state index contributed by atoms with van der Waals surface area (Å²) in [5.41, 5.74) is 1.82. The van der Waals surface area contributed by atoms with Crippen LogP contribution in [0, 0.1) is 0 Å². The first kappa shape index (κ1) is 19.9. The van der Waals surface area contributed by atoms with Crippen LogP contribution in [0.5, 0.6) is 5.75 Å². The van der Waals surface area contributed by atoms with E-state index in [0.717, 1.165) is 22.9 Å². The highest BCUT2D eigenvalue weighted by atomic mass is 35.5. The van der Waals surface area contributed by atoms with Crippen LogP contribution in [-0.4, -0.2) is 33.6 Å². The third-order valence-electron chi connectivity index (χ3n) is 3.69. The van der Waals surface area contributed by atoms with E-state index in [1.54, 1.807) is 0 Å². The fourth-order valence-corrected chi connectivity index (χ4v) is 3.33. The van der Waals surface area contributed by atoms with Crippen molar-refractivity contribution in [3.8, 4) is 5.75 Å². The minimum atomic E-state index is -1.03. The molecule has 0 aromatic heterocycles. The van der Waals surface area contributed by atoms with Crippen molar-refractivity contribution in [3.05, 3.63) is 64.7 Å². The van der Waals surface area contributed by atoms with Gasteiger partial charge in [-0.05, 0) is 47.5 Å². The lowest BCUT2D eigenvalue weighted by Gasteiger charge is -2.06. The summed E-state index contributed by atoms with van der Waals surface area (Å²) in [6, 6.07) is 14.7. The summed E-state index contributed by atoms with van der Waals surface area (Å²) < 4.78 is 5.71. The van der Waals surface area contributed by atoms with Gasteiger partial charge in [0.15, 0.2) is 5.17 Å². The average molecular weight is 418 g/mol. The van der Waals surface area contributed by atoms with Crippen molar-refractivity contribution in [1.82, 2.24) is 5.32 Å². The normalized spacial score (nSPS) is 17.8. The minimum absolute atomic E-state index is 0.253.